The molecule has 0 amide bonds. The maximum atomic E-state index is 14.6. The molecule has 0 saturated carbocycles. The van der Waals surface area contributed by atoms with Gasteiger partial charge in [0.15, 0.2) is 11.7 Å². The van der Waals surface area contributed by atoms with Crippen LogP contribution in [0, 0.1) is 11.6 Å². The van der Waals surface area contributed by atoms with Crippen molar-refractivity contribution in [2.45, 2.75) is 52.5 Å². The number of pyridine rings is 1. The number of hydrogen-bond donors (Lipinski definition) is 0. The molecule has 118 valence electrons. The second kappa shape index (κ2) is 5.45. The van der Waals surface area contributed by atoms with Crippen LogP contribution in [0.25, 0.3) is 11.3 Å². The first-order valence-electron chi connectivity index (χ1n) is 7.53. The third kappa shape index (κ3) is 3.18. The molecular formula is C19H24F2N+. The van der Waals surface area contributed by atoms with Crippen molar-refractivity contribution in [3.8, 4) is 11.3 Å². The molecule has 0 N–H and O–H groups in total. The molecule has 0 atom stereocenters. The van der Waals surface area contributed by atoms with Gasteiger partial charge in [-0.25, -0.2) is 8.78 Å². The van der Waals surface area contributed by atoms with E-state index in [2.05, 4.69) is 20.8 Å². The Labute approximate surface area is 131 Å². The second-order valence-corrected chi connectivity index (χ2v) is 7.69. The molecule has 1 aromatic carbocycles. The van der Waals surface area contributed by atoms with E-state index >= 15 is 0 Å². The maximum Gasteiger partial charge on any atom is 0.216 e. The normalized spacial score (nSPS) is 12.5. The number of halogens is 2. The quantitative estimate of drug-likeness (QED) is 0.655. The van der Waals surface area contributed by atoms with Crippen LogP contribution in [0.15, 0.2) is 36.5 Å². The van der Waals surface area contributed by atoms with Gasteiger partial charge in [0.05, 0.1) is 5.56 Å². The first kappa shape index (κ1) is 16.6. The summed E-state index contributed by atoms with van der Waals surface area (Å²) < 4.78 is 30.4. The standard InChI is InChI=1S/C19H24F2N/c1-18(2,3)14-11-13(20)12-15(21)17(14)16-9-7-8-10-22(16)19(4,5)6/h7-12H,1-6H3/q+1. The van der Waals surface area contributed by atoms with Gasteiger partial charge in [-0.2, -0.15) is 4.57 Å². The van der Waals surface area contributed by atoms with Crippen molar-refractivity contribution in [2.75, 3.05) is 0 Å². The minimum absolute atomic E-state index is 0.202. The summed E-state index contributed by atoms with van der Waals surface area (Å²) in [7, 11) is 0. The Bertz CT molecular complexity index is 692. The molecule has 0 aliphatic rings. The molecule has 0 radical (unpaired) electrons. The highest BCUT2D eigenvalue weighted by molar-refractivity contribution is 5.64. The number of nitrogens with zero attached hydrogens (tertiary/aromatic N) is 1. The van der Waals surface area contributed by atoms with Gasteiger partial charge in [0.25, 0.3) is 0 Å². The summed E-state index contributed by atoms with van der Waals surface area (Å²) in [5, 5.41) is 0. The number of aromatic nitrogens is 1. The maximum absolute atomic E-state index is 14.6. The average molecular weight is 304 g/mol. The van der Waals surface area contributed by atoms with Crippen LogP contribution in [0.1, 0.15) is 47.1 Å². The van der Waals surface area contributed by atoms with Crippen LogP contribution < -0.4 is 4.57 Å². The Balaban J connectivity index is 2.85. The van der Waals surface area contributed by atoms with Crippen LogP contribution in [0.3, 0.4) is 0 Å². The van der Waals surface area contributed by atoms with Crippen LogP contribution in [0.5, 0.6) is 0 Å². The Morgan fingerprint density at radius 1 is 0.909 bits per heavy atom. The van der Waals surface area contributed by atoms with Crippen molar-refractivity contribution in [1.82, 2.24) is 0 Å². The molecule has 0 aliphatic heterocycles. The second-order valence-electron chi connectivity index (χ2n) is 7.69. The fourth-order valence-corrected chi connectivity index (χ4v) is 2.66. The number of benzene rings is 1. The van der Waals surface area contributed by atoms with E-state index in [1.807, 2.05) is 49.7 Å². The lowest BCUT2D eigenvalue weighted by Gasteiger charge is -2.24. The third-order valence-electron chi connectivity index (χ3n) is 3.70. The molecule has 1 nitrogen and oxygen atoms in total. The van der Waals surface area contributed by atoms with Gasteiger partial charge in [0.2, 0.25) is 5.69 Å². The van der Waals surface area contributed by atoms with Crippen molar-refractivity contribution in [2.24, 2.45) is 0 Å². The van der Waals surface area contributed by atoms with Gasteiger partial charge in [-0.15, -0.1) is 0 Å². The Morgan fingerprint density at radius 3 is 2.09 bits per heavy atom. The first-order chi connectivity index (χ1) is 10.0. The fourth-order valence-electron chi connectivity index (χ4n) is 2.66. The van der Waals surface area contributed by atoms with E-state index in [0.29, 0.717) is 11.1 Å². The Morgan fingerprint density at radius 2 is 1.55 bits per heavy atom. The minimum atomic E-state index is -0.538. The van der Waals surface area contributed by atoms with Gasteiger partial charge < -0.3 is 0 Å². The van der Waals surface area contributed by atoms with Crippen LogP contribution in [-0.4, -0.2) is 0 Å². The number of rotatable bonds is 1. The fraction of sp³-hybridized carbons (Fsp3) is 0.421. The van der Waals surface area contributed by atoms with E-state index in [-0.39, 0.29) is 11.0 Å². The average Bonchev–Trinajstić information content (AvgIpc) is 2.35. The number of hydrogen-bond acceptors (Lipinski definition) is 0. The van der Waals surface area contributed by atoms with E-state index in [9.17, 15) is 8.78 Å². The zero-order valence-corrected chi connectivity index (χ0v) is 14.2. The van der Waals surface area contributed by atoms with Crippen LogP contribution in [0.2, 0.25) is 0 Å². The lowest BCUT2D eigenvalue weighted by Crippen LogP contribution is -2.51. The Hall–Kier alpha value is -1.77. The molecule has 0 saturated heterocycles. The van der Waals surface area contributed by atoms with Crippen LogP contribution in [0.4, 0.5) is 8.78 Å². The highest BCUT2D eigenvalue weighted by Gasteiger charge is 2.32. The van der Waals surface area contributed by atoms with E-state index in [4.69, 9.17) is 0 Å². The topological polar surface area (TPSA) is 3.88 Å². The molecule has 2 rings (SSSR count). The van der Waals surface area contributed by atoms with Crippen LogP contribution >= 0.6 is 0 Å². The SMILES string of the molecule is CC(C)(C)c1cc(F)cc(F)c1-c1cccc[n+]1C(C)(C)C. The van der Waals surface area contributed by atoms with Gasteiger partial charge in [-0.1, -0.05) is 20.8 Å². The van der Waals surface area contributed by atoms with E-state index < -0.39 is 11.6 Å². The summed E-state index contributed by atoms with van der Waals surface area (Å²) in [5.41, 5.74) is 1.35. The highest BCUT2D eigenvalue weighted by Crippen LogP contribution is 2.35. The summed E-state index contributed by atoms with van der Waals surface area (Å²) in [6.07, 6.45) is 1.94. The van der Waals surface area contributed by atoms with E-state index in [1.165, 1.54) is 6.07 Å². The van der Waals surface area contributed by atoms with Crippen LogP contribution in [-0.2, 0) is 11.0 Å². The Kier molecular flexibility index (Phi) is 4.12. The van der Waals surface area contributed by atoms with Gasteiger partial charge in [-0.3, -0.25) is 0 Å². The largest absolute Gasteiger partial charge is 0.216 e. The lowest BCUT2D eigenvalue weighted by atomic mass is 9.82. The van der Waals surface area contributed by atoms with Crippen molar-refractivity contribution in [1.29, 1.82) is 0 Å². The van der Waals surface area contributed by atoms with E-state index in [0.717, 1.165) is 11.8 Å². The van der Waals surface area contributed by atoms with Crippen molar-refractivity contribution >= 4 is 0 Å². The highest BCUT2D eigenvalue weighted by atomic mass is 19.1. The molecule has 22 heavy (non-hydrogen) atoms. The summed E-state index contributed by atoms with van der Waals surface area (Å²) in [5.74, 6) is -1.06. The molecular weight excluding hydrogens is 280 g/mol. The predicted octanol–water partition coefficient (Wildman–Crippen LogP) is 4.97. The minimum Gasteiger partial charge on any atom is -0.207 e. The molecule has 1 heterocycles. The van der Waals surface area contributed by atoms with Gasteiger partial charge in [-0.05, 0) is 23.1 Å². The summed E-state index contributed by atoms with van der Waals surface area (Å²) in [4.78, 5) is 0. The molecule has 0 bridgehead atoms. The molecule has 0 spiro atoms. The predicted molar refractivity (Wildman–Crippen MR) is 85.7 cm³/mol. The molecule has 0 aliphatic carbocycles. The van der Waals surface area contributed by atoms with Gasteiger partial charge in [0.1, 0.15) is 11.6 Å². The summed E-state index contributed by atoms with van der Waals surface area (Å²) in [6, 6.07) is 8.10. The molecule has 0 fully saturated rings. The van der Waals surface area contributed by atoms with Crippen molar-refractivity contribution < 1.29 is 13.3 Å². The first-order valence-corrected chi connectivity index (χ1v) is 7.53. The third-order valence-corrected chi connectivity index (χ3v) is 3.70. The molecule has 0 unspecified atom stereocenters. The summed E-state index contributed by atoms with van der Waals surface area (Å²) >= 11 is 0. The van der Waals surface area contributed by atoms with Gasteiger partial charge >= 0.3 is 0 Å². The molecule has 2 aromatic rings. The summed E-state index contributed by atoms with van der Waals surface area (Å²) in [6.45, 7) is 12.1. The van der Waals surface area contributed by atoms with Crippen molar-refractivity contribution in [3.63, 3.8) is 0 Å². The molecule has 1 aromatic heterocycles. The molecule has 3 heteroatoms. The zero-order valence-electron chi connectivity index (χ0n) is 14.2. The monoisotopic (exact) mass is 304 g/mol. The van der Waals surface area contributed by atoms with Gasteiger partial charge in [0, 0.05) is 39.0 Å². The smallest absolute Gasteiger partial charge is 0.207 e. The van der Waals surface area contributed by atoms with Crippen molar-refractivity contribution in [3.05, 3.63) is 53.7 Å². The zero-order chi connectivity index (χ0) is 16.7. The van der Waals surface area contributed by atoms with E-state index in [1.54, 1.807) is 0 Å². The lowest BCUT2D eigenvalue weighted by molar-refractivity contribution is -0.744.